The van der Waals surface area contributed by atoms with Crippen molar-refractivity contribution in [2.24, 2.45) is 0 Å². The van der Waals surface area contributed by atoms with E-state index in [0.717, 1.165) is 0 Å². The fourth-order valence-corrected chi connectivity index (χ4v) is 0.739. The Morgan fingerprint density at radius 1 is 1.50 bits per heavy atom. The molecule has 1 saturated heterocycles. The Bertz CT molecular complexity index is 114. The molecule has 46 valence electrons. The van der Waals surface area contributed by atoms with E-state index in [1.165, 1.54) is 0 Å². The van der Waals surface area contributed by atoms with Gasteiger partial charge in [0.05, 0.1) is 5.60 Å². The Morgan fingerprint density at radius 2 is 2.00 bits per heavy atom. The van der Waals surface area contributed by atoms with Gasteiger partial charge in [-0.15, -0.1) is 0 Å². The van der Waals surface area contributed by atoms with Gasteiger partial charge in [0, 0.05) is 0 Å². The molecule has 1 heterocycles. The van der Waals surface area contributed by atoms with E-state index in [0.29, 0.717) is 6.10 Å². The van der Waals surface area contributed by atoms with Crippen molar-refractivity contribution in [1.82, 2.24) is 0 Å². The first-order valence-corrected chi connectivity index (χ1v) is 2.97. The predicted molar refractivity (Wildman–Crippen MR) is 33.8 cm³/mol. The van der Waals surface area contributed by atoms with Gasteiger partial charge in [-0.3, -0.25) is 0 Å². The van der Waals surface area contributed by atoms with Gasteiger partial charge in [0.15, 0.2) is 0 Å². The molecule has 0 spiro atoms. The van der Waals surface area contributed by atoms with Gasteiger partial charge in [-0.25, -0.2) is 0 Å². The molecule has 0 aromatic carbocycles. The summed E-state index contributed by atoms with van der Waals surface area (Å²) in [6.07, 6.45) is 4.49. The first-order chi connectivity index (χ1) is 3.67. The highest BCUT2D eigenvalue weighted by molar-refractivity contribution is 5.07. The fraction of sp³-hybridized carbons (Fsp3) is 0.714. The second kappa shape index (κ2) is 1.59. The minimum Gasteiger partial charge on any atom is -0.362 e. The van der Waals surface area contributed by atoms with Gasteiger partial charge in [0.25, 0.3) is 0 Å². The normalized spacial score (nSPS) is 33.6. The molecule has 0 N–H and O–H groups in total. The summed E-state index contributed by atoms with van der Waals surface area (Å²) in [5.41, 5.74) is 0.131. The standard InChI is InChI=1S/C7H12O/c1-4-5-6-7(2,3)8-6/h4-6H,1-3H3/b5-4-. The van der Waals surface area contributed by atoms with Crippen molar-refractivity contribution in [1.29, 1.82) is 0 Å². The van der Waals surface area contributed by atoms with Gasteiger partial charge >= 0.3 is 0 Å². The summed E-state index contributed by atoms with van der Waals surface area (Å²) in [7, 11) is 0. The van der Waals surface area contributed by atoms with Gasteiger partial charge < -0.3 is 4.74 Å². The van der Waals surface area contributed by atoms with Gasteiger partial charge in [0.2, 0.25) is 0 Å². The van der Waals surface area contributed by atoms with Crippen LogP contribution < -0.4 is 0 Å². The van der Waals surface area contributed by atoms with Crippen molar-refractivity contribution < 1.29 is 4.74 Å². The van der Waals surface area contributed by atoms with Gasteiger partial charge in [0.1, 0.15) is 6.10 Å². The van der Waals surface area contributed by atoms with Crippen molar-refractivity contribution in [3.8, 4) is 0 Å². The molecule has 0 bridgehead atoms. The Hall–Kier alpha value is -0.300. The molecule has 1 heteroatoms. The lowest BCUT2D eigenvalue weighted by Gasteiger charge is -1.86. The zero-order chi connectivity index (χ0) is 6.20. The largest absolute Gasteiger partial charge is 0.362 e. The van der Waals surface area contributed by atoms with Crippen LogP contribution in [0, 0.1) is 0 Å². The Morgan fingerprint density at radius 3 is 2.12 bits per heavy atom. The predicted octanol–water partition coefficient (Wildman–Crippen LogP) is 1.74. The number of epoxide rings is 1. The Balaban J connectivity index is 2.37. The first-order valence-electron chi connectivity index (χ1n) is 2.97. The van der Waals surface area contributed by atoms with Crippen LogP contribution in [0.5, 0.6) is 0 Å². The third-order valence-corrected chi connectivity index (χ3v) is 1.43. The van der Waals surface area contributed by atoms with Crippen molar-refractivity contribution in [2.75, 3.05) is 0 Å². The molecular formula is C7H12O. The average molecular weight is 112 g/mol. The molecule has 1 atom stereocenters. The van der Waals surface area contributed by atoms with Crippen molar-refractivity contribution in [3.05, 3.63) is 12.2 Å². The van der Waals surface area contributed by atoms with Crippen LogP contribution in [-0.2, 0) is 4.74 Å². The number of allylic oxidation sites excluding steroid dienone is 1. The average Bonchev–Trinajstić information content (AvgIpc) is 2.15. The zero-order valence-corrected chi connectivity index (χ0v) is 5.64. The number of hydrogen-bond donors (Lipinski definition) is 0. The van der Waals surface area contributed by atoms with Crippen LogP contribution in [-0.4, -0.2) is 11.7 Å². The maximum absolute atomic E-state index is 5.26. The third-order valence-electron chi connectivity index (χ3n) is 1.43. The summed E-state index contributed by atoms with van der Waals surface area (Å²) < 4.78 is 5.26. The van der Waals surface area contributed by atoms with Crippen LogP contribution in [0.25, 0.3) is 0 Å². The number of rotatable bonds is 1. The lowest BCUT2D eigenvalue weighted by molar-refractivity contribution is 0.333. The quantitative estimate of drug-likeness (QED) is 0.372. The molecular weight excluding hydrogens is 100 g/mol. The second-order valence-electron chi connectivity index (χ2n) is 2.67. The highest BCUT2D eigenvalue weighted by atomic mass is 16.6. The SMILES string of the molecule is C/C=C\C1OC1(C)C. The number of hydrogen-bond acceptors (Lipinski definition) is 1. The highest BCUT2D eigenvalue weighted by Gasteiger charge is 2.45. The van der Waals surface area contributed by atoms with Gasteiger partial charge in [-0.2, -0.15) is 0 Å². The zero-order valence-electron chi connectivity index (χ0n) is 5.64. The summed E-state index contributed by atoms with van der Waals surface area (Å²) in [5, 5.41) is 0. The molecule has 0 aromatic rings. The maximum atomic E-state index is 5.26. The molecule has 0 saturated carbocycles. The fourth-order valence-electron chi connectivity index (χ4n) is 0.739. The monoisotopic (exact) mass is 112 g/mol. The Kier molecular flexibility index (Phi) is 1.16. The van der Waals surface area contributed by atoms with E-state index in [1.807, 2.05) is 13.0 Å². The van der Waals surface area contributed by atoms with E-state index >= 15 is 0 Å². The molecule has 1 nitrogen and oxygen atoms in total. The smallest absolute Gasteiger partial charge is 0.105 e. The molecule has 0 amide bonds. The summed E-state index contributed by atoms with van der Waals surface area (Å²) in [6, 6.07) is 0. The molecule has 0 aromatic heterocycles. The minimum absolute atomic E-state index is 0.131. The van der Waals surface area contributed by atoms with Crippen LogP contribution in [0.2, 0.25) is 0 Å². The van der Waals surface area contributed by atoms with Crippen LogP contribution in [0.4, 0.5) is 0 Å². The van der Waals surface area contributed by atoms with E-state index in [-0.39, 0.29) is 5.60 Å². The van der Waals surface area contributed by atoms with Crippen LogP contribution in [0.3, 0.4) is 0 Å². The van der Waals surface area contributed by atoms with E-state index in [4.69, 9.17) is 4.74 Å². The topological polar surface area (TPSA) is 12.5 Å². The summed E-state index contributed by atoms with van der Waals surface area (Å²) in [4.78, 5) is 0. The Labute approximate surface area is 50.3 Å². The van der Waals surface area contributed by atoms with E-state index in [9.17, 15) is 0 Å². The molecule has 0 aliphatic carbocycles. The van der Waals surface area contributed by atoms with Gasteiger partial charge in [-0.05, 0) is 20.8 Å². The molecule has 1 unspecified atom stereocenters. The molecule has 1 fully saturated rings. The van der Waals surface area contributed by atoms with Crippen LogP contribution >= 0.6 is 0 Å². The molecule has 8 heavy (non-hydrogen) atoms. The summed E-state index contributed by atoms with van der Waals surface area (Å²) in [5.74, 6) is 0. The first kappa shape index (κ1) is 5.83. The third kappa shape index (κ3) is 0.920. The van der Waals surface area contributed by atoms with E-state index < -0.39 is 0 Å². The van der Waals surface area contributed by atoms with Crippen LogP contribution in [0.15, 0.2) is 12.2 Å². The number of ether oxygens (including phenoxy) is 1. The van der Waals surface area contributed by atoms with Crippen molar-refractivity contribution in [3.63, 3.8) is 0 Å². The molecule has 1 rings (SSSR count). The lowest BCUT2D eigenvalue weighted by Crippen LogP contribution is -1.98. The second-order valence-corrected chi connectivity index (χ2v) is 2.67. The summed E-state index contributed by atoms with van der Waals surface area (Å²) >= 11 is 0. The summed E-state index contributed by atoms with van der Waals surface area (Å²) in [6.45, 7) is 6.20. The van der Waals surface area contributed by atoms with Crippen molar-refractivity contribution >= 4 is 0 Å². The highest BCUT2D eigenvalue weighted by Crippen LogP contribution is 2.35. The van der Waals surface area contributed by atoms with E-state index in [1.54, 1.807) is 0 Å². The van der Waals surface area contributed by atoms with Crippen molar-refractivity contribution in [2.45, 2.75) is 32.5 Å². The molecule has 1 aliphatic rings. The van der Waals surface area contributed by atoms with Gasteiger partial charge in [-0.1, -0.05) is 12.2 Å². The van der Waals surface area contributed by atoms with E-state index in [2.05, 4.69) is 19.9 Å². The molecule has 1 aliphatic heterocycles. The minimum atomic E-state index is 0.131. The maximum Gasteiger partial charge on any atom is 0.105 e. The van der Waals surface area contributed by atoms with Crippen LogP contribution in [0.1, 0.15) is 20.8 Å². The molecule has 0 radical (unpaired) electrons. The lowest BCUT2D eigenvalue weighted by atomic mass is 10.1.